The van der Waals surface area contributed by atoms with E-state index in [2.05, 4.69) is 11.1 Å². The third-order valence-electron chi connectivity index (χ3n) is 0.649. The first-order valence-electron chi connectivity index (χ1n) is 3.32. The fourth-order valence-corrected chi connectivity index (χ4v) is 0.0707. The molecule has 0 amide bonds. The smallest absolute Gasteiger partial charge is 0.138 e. The van der Waals surface area contributed by atoms with Gasteiger partial charge in [0.15, 0.2) is 0 Å². The topological polar surface area (TPSA) is 129 Å². The van der Waals surface area contributed by atoms with Gasteiger partial charge in [0.25, 0.3) is 0 Å². The number of hydrogen-bond acceptors (Lipinski definition) is 5. The summed E-state index contributed by atoms with van der Waals surface area (Å²) in [4.78, 5) is 0. The second-order valence-electron chi connectivity index (χ2n) is 1.46. The van der Waals surface area contributed by atoms with Crippen LogP contribution < -0.4 is 11.6 Å². The number of nitrogens with two attached hydrogens (primary N) is 2. The average Bonchev–Trinajstić information content (AvgIpc) is 2.20. The van der Waals surface area contributed by atoms with E-state index < -0.39 is 0 Å². The molecule has 8 heteroatoms. The summed E-state index contributed by atoms with van der Waals surface area (Å²) < 4.78 is 0. The van der Waals surface area contributed by atoms with E-state index in [4.69, 9.17) is 21.4 Å². The first-order chi connectivity index (χ1) is 5.72. The summed E-state index contributed by atoms with van der Waals surface area (Å²) in [5, 5.41) is 24.6. The Morgan fingerprint density at radius 3 is 1.64 bits per heavy atom. The molecule has 6 nitrogen and oxygen atoms in total. The Morgan fingerprint density at radius 1 is 1.36 bits per heavy atom. The quantitative estimate of drug-likeness (QED) is 0.176. The minimum Gasteiger partial charge on any atom is -0.409 e. The molecule has 6 N–H and O–H groups in total. The van der Waals surface area contributed by atoms with E-state index in [1.165, 1.54) is 0 Å². The van der Waals surface area contributed by atoms with Gasteiger partial charge in [-0.05, 0) is 0 Å². The highest BCUT2D eigenvalue weighted by Gasteiger charge is 1.78. The van der Waals surface area contributed by atoms with Crippen LogP contribution >= 0.6 is 19.8 Å². The Kier molecular flexibility index (Phi) is 81.4. The Morgan fingerprint density at radius 2 is 1.64 bits per heavy atom. The van der Waals surface area contributed by atoms with Crippen LogP contribution in [-0.4, -0.2) is 16.3 Å². The first kappa shape index (κ1) is 29.2. The minimum absolute atomic E-state index is 0. The molecule has 0 aromatic heterocycles. The molecule has 14 heavy (non-hydrogen) atoms. The zero-order valence-electron chi connectivity index (χ0n) is 8.77. The van der Waals surface area contributed by atoms with Gasteiger partial charge in [0.05, 0.1) is 6.07 Å². The van der Waals surface area contributed by atoms with Crippen LogP contribution in [-0.2, 0) is 0 Å². The molecule has 0 aliphatic heterocycles. The van der Waals surface area contributed by atoms with Crippen molar-refractivity contribution >= 4 is 25.6 Å². The van der Waals surface area contributed by atoms with Crippen molar-refractivity contribution < 1.29 is 10.4 Å². The lowest BCUT2D eigenvalue weighted by Gasteiger charge is -1.82. The summed E-state index contributed by atoms with van der Waals surface area (Å²) in [7, 11) is 0. The molecule has 88 valence electrons. The van der Waals surface area contributed by atoms with Gasteiger partial charge in [-0.15, -0.1) is 0 Å². The van der Waals surface area contributed by atoms with Gasteiger partial charge in [-0.3, -0.25) is 0 Å². The molecule has 0 aliphatic rings. The van der Waals surface area contributed by atoms with Gasteiger partial charge in [-0.2, -0.15) is 25.1 Å². The fourth-order valence-electron chi connectivity index (χ4n) is 0.0707. The molecule has 0 bridgehead atoms. The third-order valence-corrected chi connectivity index (χ3v) is 0.649. The first-order valence-corrected chi connectivity index (χ1v) is 3.32. The van der Waals surface area contributed by atoms with Crippen molar-refractivity contribution in [3.05, 3.63) is 0 Å². The predicted octanol–water partition coefficient (Wildman–Crippen LogP) is 0.513. The summed E-state index contributed by atoms with van der Waals surface area (Å²) in [6.07, 6.45) is 1.23. The standard InChI is InChI=1S/C3H8N2O.C3H5N.H3NO.2H3P/c1-2-3(4)5-6;1-2-3-4;1-2;;/h6H,2H2,1H3,(H2,4,5);2H2,1H3;2H,1H2;2*1H3. The largest absolute Gasteiger partial charge is 0.409 e. The van der Waals surface area contributed by atoms with E-state index >= 15 is 0 Å². The normalized spacial score (nSPS) is 6.93. The number of rotatable bonds is 1. The molecule has 0 radical (unpaired) electrons. The van der Waals surface area contributed by atoms with Gasteiger partial charge < -0.3 is 16.1 Å². The van der Waals surface area contributed by atoms with Crippen LogP contribution in [0.5, 0.6) is 0 Å². The highest BCUT2D eigenvalue weighted by molar-refractivity contribution is 6.92. The zero-order chi connectivity index (χ0) is 10.4. The molecule has 0 aromatic rings. The number of nitriles is 1. The summed E-state index contributed by atoms with van der Waals surface area (Å²) in [6.45, 7) is 3.63. The molecular formula is C6H22N4O2P2. The molecule has 0 heterocycles. The van der Waals surface area contributed by atoms with Crippen LogP contribution in [0, 0.1) is 11.3 Å². The molecule has 0 spiro atoms. The van der Waals surface area contributed by atoms with Crippen molar-refractivity contribution in [3.63, 3.8) is 0 Å². The van der Waals surface area contributed by atoms with Gasteiger partial charge in [-0.1, -0.05) is 19.0 Å². The van der Waals surface area contributed by atoms with Crippen molar-refractivity contribution in [1.29, 1.82) is 5.26 Å². The van der Waals surface area contributed by atoms with E-state index in [9.17, 15) is 0 Å². The Bertz CT molecular complexity index is 138. The molecule has 0 aliphatic carbocycles. The second kappa shape index (κ2) is 39.0. The second-order valence-corrected chi connectivity index (χ2v) is 1.46. The van der Waals surface area contributed by atoms with Crippen LogP contribution in [0.1, 0.15) is 26.7 Å². The monoisotopic (exact) mass is 244 g/mol. The van der Waals surface area contributed by atoms with Gasteiger partial charge in [-0.25, -0.2) is 5.90 Å². The van der Waals surface area contributed by atoms with Crippen LogP contribution in [0.2, 0.25) is 0 Å². The maximum absolute atomic E-state index is 7.80. The number of nitrogens with zero attached hydrogens (tertiary/aromatic N) is 2. The van der Waals surface area contributed by atoms with Gasteiger partial charge in [0.1, 0.15) is 5.84 Å². The number of hydrogen-bond donors (Lipinski definition) is 4. The van der Waals surface area contributed by atoms with E-state index in [0.29, 0.717) is 12.8 Å². The summed E-state index contributed by atoms with van der Waals surface area (Å²) in [5.41, 5.74) is 4.97. The summed E-state index contributed by atoms with van der Waals surface area (Å²) in [6, 6.07) is 1.93. The zero-order valence-corrected chi connectivity index (χ0v) is 11.6. The number of oxime groups is 1. The SMILES string of the molecule is CC/C(N)=N/O.CCC#N.NO.P.P. The number of amidine groups is 1. The lowest BCUT2D eigenvalue weighted by atomic mass is 10.5. The van der Waals surface area contributed by atoms with Gasteiger partial charge >= 0.3 is 0 Å². The van der Waals surface area contributed by atoms with Crippen molar-refractivity contribution in [3.8, 4) is 6.07 Å². The Labute approximate surface area is 91.5 Å². The molecule has 0 saturated heterocycles. The van der Waals surface area contributed by atoms with Crippen molar-refractivity contribution in [1.82, 2.24) is 0 Å². The maximum atomic E-state index is 7.80. The fraction of sp³-hybridized carbons (Fsp3) is 0.667. The van der Waals surface area contributed by atoms with Crippen LogP contribution in [0.15, 0.2) is 5.16 Å². The van der Waals surface area contributed by atoms with E-state index in [0.717, 1.165) is 0 Å². The van der Waals surface area contributed by atoms with Gasteiger partial charge in [0, 0.05) is 12.8 Å². The van der Waals surface area contributed by atoms with E-state index in [1.807, 2.05) is 19.9 Å². The average molecular weight is 244 g/mol. The molecule has 0 rings (SSSR count). The van der Waals surface area contributed by atoms with Gasteiger partial charge in [0.2, 0.25) is 0 Å². The highest BCUT2D eigenvalue weighted by atomic mass is 31.0. The van der Waals surface area contributed by atoms with Crippen molar-refractivity contribution in [2.75, 3.05) is 0 Å². The molecule has 2 unspecified atom stereocenters. The summed E-state index contributed by atoms with van der Waals surface area (Å²) in [5.74, 6) is 3.77. The van der Waals surface area contributed by atoms with Crippen LogP contribution in [0.3, 0.4) is 0 Å². The Balaban J connectivity index is -0.0000000302. The Hall–Kier alpha value is -0.460. The van der Waals surface area contributed by atoms with Crippen molar-refractivity contribution in [2.24, 2.45) is 16.8 Å². The molecular weight excluding hydrogens is 222 g/mol. The summed E-state index contributed by atoms with van der Waals surface area (Å²) >= 11 is 0. The lowest BCUT2D eigenvalue weighted by molar-refractivity contribution is 0.311. The lowest BCUT2D eigenvalue weighted by Crippen LogP contribution is -2.08. The maximum Gasteiger partial charge on any atom is 0.138 e. The molecule has 0 saturated carbocycles. The van der Waals surface area contributed by atoms with Crippen LogP contribution in [0.25, 0.3) is 0 Å². The highest BCUT2D eigenvalue weighted by Crippen LogP contribution is 1.70. The predicted molar refractivity (Wildman–Crippen MR) is 67.8 cm³/mol. The molecule has 0 aromatic carbocycles. The van der Waals surface area contributed by atoms with E-state index in [-0.39, 0.29) is 25.6 Å². The van der Waals surface area contributed by atoms with E-state index in [1.54, 1.807) is 0 Å². The molecule has 0 fully saturated rings. The van der Waals surface area contributed by atoms with Crippen molar-refractivity contribution in [2.45, 2.75) is 26.7 Å². The van der Waals surface area contributed by atoms with Crippen LogP contribution in [0.4, 0.5) is 0 Å². The minimum atomic E-state index is 0. The molecule has 2 atom stereocenters. The third kappa shape index (κ3) is 62.2.